The van der Waals surface area contributed by atoms with Crippen LogP contribution in [-0.2, 0) is 0 Å². The Balaban J connectivity index is 0.000000325. The molecule has 1 rings (SSSR count). The predicted molar refractivity (Wildman–Crippen MR) is 75.7 cm³/mol. The van der Waals surface area contributed by atoms with Crippen molar-refractivity contribution >= 4 is 0 Å². The van der Waals surface area contributed by atoms with Gasteiger partial charge in [0.05, 0.1) is 0 Å². The summed E-state index contributed by atoms with van der Waals surface area (Å²) in [4.78, 5) is 0. The molecule has 1 aliphatic rings. The van der Waals surface area contributed by atoms with Crippen LogP contribution in [0, 0.1) is 23.7 Å². The van der Waals surface area contributed by atoms with E-state index < -0.39 is 0 Å². The zero-order chi connectivity index (χ0) is 12.6. The van der Waals surface area contributed by atoms with E-state index in [1.54, 1.807) is 0 Å². The van der Waals surface area contributed by atoms with Crippen molar-refractivity contribution < 1.29 is 0 Å². The van der Waals surface area contributed by atoms with E-state index in [0.717, 1.165) is 23.7 Å². The van der Waals surface area contributed by atoms with Crippen LogP contribution in [0.2, 0.25) is 0 Å². The molecule has 16 heavy (non-hydrogen) atoms. The van der Waals surface area contributed by atoms with Gasteiger partial charge in [-0.05, 0) is 36.5 Å². The van der Waals surface area contributed by atoms with Gasteiger partial charge >= 0.3 is 0 Å². The van der Waals surface area contributed by atoms with Crippen LogP contribution in [0.15, 0.2) is 0 Å². The van der Waals surface area contributed by atoms with Crippen molar-refractivity contribution in [2.75, 3.05) is 0 Å². The van der Waals surface area contributed by atoms with Crippen molar-refractivity contribution in [2.24, 2.45) is 23.7 Å². The Morgan fingerprint density at radius 1 is 0.875 bits per heavy atom. The van der Waals surface area contributed by atoms with Crippen LogP contribution in [0.25, 0.3) is 0 Å². The average molecular weight is 226 g/mol. The molecule has 0 saturated heterocycles. The van der Waals surface area contributed by atoms with Crippen LogP contribution in [0.1, 0.15) is 80.1 Å². The number of rotatable bonds is 3. The first-order valence-electron chi connectivity index (χ1n) is 7.51. The van der Waals surface area contributed by atoms with Gasteiger partial charge in [-0.25, -0.2) is 0 Å². The first kappa shape index (κ1) is 16.0. The Bertz CT molecular complexity index is 136. The lowest BCUT2D eigenvalue weighted by Gasteiger charge is -2.28. The first-order chi connectivity index (χ1) is 7.51. The van der Waals surface area contributed by atoms with E-state index in [4.69, 9.17) is 0 Å². The summed E-state index contributed by atoms with van der Waals surface area (Å²) in [5.41, 5.74) is 0. The standard InChI is InChI=1S/C10H20.C6H14/c1-8(2)10-6-4-9(3)5-7-10;1-4-6(3)5-2/h8-10H,4-7H2,1-3H3;6H,4-5H2,1-3H3. The minimum atomic E-state index is 0.924. The molecule has 98 valence electrons. The maximum Gasteiger partial charge on any atom is -0.0391 e. The summed E-state index contributed by atoms with van der Waals surface area (Å²) in [5.74, 6) is 3.91. The molecule has 1 aliphatic carbocycles. The van der Waals surface area contributed by atoms with Crippen LogP contribution >= 0.6 is 0 Å². The van der Waals surface area contributed by atoms with Crippen molar-refractivity contribution in [3.63, 3.8) is 0 Å². The number of hydrogen-bond acceptors (Lipinski definition) is 0. The van der Waals surface area contributed by atoms with Crippen molar-refractivity contribution in [1.82, 2.24) is 0 Å². The van der Waals surface area contributed by atoms with E-state index in [1.807, 2.05) is 0 Å². The molecule has 1 fully saturated rings. The second-order valence-electron chi connectivity index (χ2n) is 6.19. The van der Waals surface area contributed by atoms with E-state index >= 15 is 0 Å². The Hall–Kier alpha value is 0. The fourth-order valence-corrected chi connectivity index (χ4v) is 2.24. The normalized spacial score (nSPS) is 25.5. The van der Waals surface area contributed by atoms with Crippen LogP contribution in [-0.4, -0.2) is 0 Å². The lowest BCUT2D eigenvalue weighted by molar-refractivity contribution is 0.234. The Morgan fingerprint density at radius 2 is 1.31 bits per heavy atom. The summed E-state index contributed by atoms with van der Waals surface area (Å²) in [6, 6.07) is 0. The Morgan fingerprint density at radius 3 is 1.56 bits per heavy atom. The Kier molecular flexibility index (Phi) is 9.07. The zero-order valence-corrected chi connectivity index (χ0v) is 12.6. The molecule has 0 heterocycles. The summed E-state index contributed by atoms with van der Waals surface area (Å²) in [7, 11) is 0. The molecule has 0 bridgehead atoms. The summed E-state index contributed by atoms with van der Waals surface area (Å²) in [6.45, 7) is 13.8. The summed E-state index contributed by atoms with van der Waals surface area (Å²) in [5, 5.41) is 0. The maximum absolute atomic E-state index is 2.39. The summed E-state index contributed by atoms with van der Waals surface area (Å²) >= 11 is 0. The molecule has 0 unspecified atom stereocenters. The molecule has 0 N–H and O–H groups in total. The fraction of sp³-hybridized carbons (Fsp3) is 1.00. The highest BCUT2D eigenvalue weighted by atomic mass is 14.3. The molecule has 0 aliphatic heterocycles. The van der Waals surface area contributed by atoms with Gasteiger partial charge in [-0.3, -0.25) is 0 Å². The molecule has 0 amide bonds. The van der Waals surface area contributed by atoms with E-state index in [-0.39, 0.29) is 0 Å². The highest BCUT2D eigenvalue weighted by Gasteiger charge is 2.19. The van der Waals surface area contributed by atoms with Gasteiger partial charge in [0, 0.05) is 0 Å². The van der Waals surface area contributed by atoms with E-state index in [9.17, 15) is 0 Å². The number of hydrogen-bond donors (Lipinski definition) is 0. The topological polar surface area (TPSA) is 0 Å². The van der Waals surface area contributed by atoms with Gasteiger partial charge in [-0.2, -0.15) is 0 Å². The fourth-order valence-electron chi connectivity index (χ4n) is 2.24. The molecule has 1 saturated carbocycles. The lowest BCUT2D eigenvalue weighted by Crippen LogP contribution is -2.16. The van der Waals surface area contributed by atoms with Gasteiger partial charge in [0.2, 0.25) is 0 Å². The molecule has 0 aromatic heterocycles. The third-order valence-electron chi connectivity index (χ3n) is 4.40. The van der Waals surface area contributed by atoms with E-state index in [0.29, 0.717) is 0 Å². The third-order valence-corrected chi connectivity index (χ3v) is 4.40. The van der Waals surface area contributed by atoms with Crippen molar-refractivity contribution in [1.29, 1.82) is 0 Å². The van der Waals surface area contributed by atoms with Crippen LogP contribution in [0.5, 0.6) is 0 Å². The van der Waals surface area contributed by atoms with E-state index in [2.05, 4.69) is 41.5 Å². The zero-order valence-electron chi connectivity index (χ0n) is 12.6. The third kappa shape index (κ3) is 7.30. The minimum absolute atomic E-state index is 0.924. The van der Waals surface area contributed by atoms with Gasteiger partial charge < -0.3 is 0 Å². The molecule has 0 aromatic rings. The molecular formula is C16H34. The van der Waals surface area contributed by atoms with Gasteiger partial charge in [0.15, 0.2) is 0 Å². The first-order valence-corrected chi connectivity index (χ1v) is 7.51. The predicted octanol–water partition coefficient (Wildman–Crippen LogP) is 5.91. The van der Waals surface area contributed by atoms with Gasteiger partial charge in [0.1, 0.15) is 0 Å². The van der Waals surface area contributed by atoms with Gasteiger partial charge in [0.25, 0.3) is 0 Å². The monoisotopic (exact) mass is 226 g/mol. The summed E-state index contributed by atoms with van der Waals surface area (Å²) < 4.78 is 0. The summed E-state index contributed by atoms with van der Waals surface area (Å²) in [6.07, 6.45) is 8.58. The molecule has 0 heteroatoms. The van der Waals surface area contributed by atoms with Crippen LogP contribution < -0.4 is 0 Å². The lowest BCUT2D eigenvalue weighted by atomic mass is 9.78. The minimum Gasteiger partial charge on any atom is -0.0651 e. The SMILES string of the molecule is CC1CCC(C(C)C)CC1.CCC(C)CC. The smallest absolute Gasteiger partial charge is 0.0391 e. The molecule has 0 nitrogen and oxygen atoms in total. The van der Waals surface area contributed by atoms with Crippen LogP contribution in [0.4, 0.5) is 0 Å². The van der Waals surface area contributed by atoms with Gasteiger partial charge in [-0.15, -0.1) is 0 Å². The quantitative estimate of drug-likeness (QED) is 0.561. The van der Waals surface area contributed by atoms with Crippen molar-refractivity contribution in [2.45, 2.75) is 80.1 Å². The molecular weight excluding hydrogens is 192 g/mol. The van der Waals surface area contributed by atoms with Crippen molar-refractivity contribution in [3.8, 4) is 0 Å². The highest BCUT2D eigenvalue weighted by Crippen LogP contribution is 2.32. The Labute approximate surface area is 104 Å². The maximum atomic E-state index is 2.39. The highest BCUT2D eigenvalue weighted by molar-refractivity contribution is 4.71. The second kappa shape index (κ2) is 9.07. The largest absolute Gasteiger partial charge is 0.0651 e. The molecule has 0 aromatic carbocycles. The average Bonchev–Trinajstić information content (AvgIpc) is 2.29. The second-order valence-corrected chi connectivity index (χ2v) is 6.19. The molecule has 0 radical (unpaired) electrons. The van der Waals surface area contributed by atoms with E-state index in [1.165, 1.54) is 38.5 Å². The van der Waals surface area contributed by atoms with Crippen molar-refractivity contribution in [3.05, 3.63) is 0 Å². The molecule has 0 spiro atoms. The molecule has 0 atom stereocenters. The van der Waals surface area contributed by atoms with Crippen LogP contribution in [0.3, 0.4) is 0 Å². The van der Waals surface area contributed by atoms with Gasteiger partial charge in [-0.1, -0.05) is 67.2 Å².